The van der Waals surface area contributed by atoms with Gasteiger partial charge in [0.05, 0.1) is 0 Å². The van der Waals surface area contributed by atoms with E-state index in [0.717, 1.165) is 35.5 Å². The normalized spacial score (nSPS) is 35.7. The SMILES string of the molecule is CCCC(CC)CCCC1C(C)C1CCC1CC1CCC. The molecule has 0 N–H and O–H groups in total. The van der Waals surface area contributed by atoms with Crippen LogP contribution >= 0.6 is 0 Å². The summed E-state index contributed by atoms with van der Waals surface area (Å²) in [6, 6.07) is 0. The lowest BCUT2D eigenvalue weighted by molar-refractivity contribution is 0.401. The molecule has 0 nitrogen and oxygen atoms in total. The zero-order valence-electron chi connectivity index (χ0n) is 15.2. The van der Waals surface area contributed by atoms with Crippen LogP contribution in [0.1, 0.15) is 98.3 Å². The smallest absolute Gasteiger partial charge is 0.0355 e. The van der Waals surface area contributed by atoms with Gasteiger partial charge in [0.15, 0.2) is 0 Å². The van der Waals surface area contributed by atoms with Gasteiger partial charge in [0, 0.05) is 0 Å². The van der Waals surface area contributed by atoms with E-state index >= 15 is 0 Å². The fourth-order valence-electron chi connectivity index (χ4n) is 4.99. The highest BCUT2D eigenvalue weighted by Crippen LogP contribution is 2.54. The van der Waals surface area contributed by atoms with E-state index in [1.165, 1.54) is 51.4 Å². The average Bonchev–Trinajstić information content (AvgIpc) is 3.35. The minimum atomic E-state index is 1.02. The Kier molecular flexibility index (Phi) is 7.10. The van der Waals surface area contributed by atoms with Crippen LogP contribution in [0.15, 0.2) is 0 Å². The lowest BCUT2D eigenvalue weighted by atomic mass is 9.93. The quantitative estimate of drug-likeness (QED) is 0.360. The largest absolute Gasteiger partial charge is 0.0654 e. The van der Waals surface area contributed by atoms with Crippen LogP contribution in [-0.4, -0.2) is 0 Å². The standard InChI is InChI=1S/C21H40/c1-5-9-17(7-3)11-8-12-20-16(4)21(20)14-13-19-15-18(19)10-6-2/h16-21H,5-15H2,1-4H3. The van der Waals surface area contributed by atoms with Gasteiger partial charge in [-0.2, -0.15) is 0 Å². The highest BCUT2D eigenvalue weighted by atomic mass is 14.5. The van der Waals surface area contributed by atoms with E-state index in [0.29, 0.717) is 0 Å². The lowest BCUT2D eigenvalue weighted by Crippen LogP contribution is -1.98. The molecule has 0 bridgehead atoms. The molecule has 0 aliphatic heterocycles. The Hall–Kier alpha value is 0. The maximum atomic E-state index is 2.52. The second kappa shape index (κ2) is 8.59. The van der Waals surface area contributed by atoms with Gasteiger partial charge >= 0.3 is 0 Å². The van der Waals surface area contributed by atoms with Crippen LogP contribution in [-0.2, 0) is 0 Å². The minimum Gasteiger partial charge on any atom is -0.0654 e. The van der Waals surface area contributed by atoms with Crippen LogP contribution < -0.4 is 0 Å². The van der Waals surface area contributed by atoms with Crippen molar-refractivity contribution in [3.63, 3.8) is 0 Å². The van der Waals surface area contributed by atoms with Gasteiger partial charge in [-0.05, 0) is 61.2 Å². The van der Waals surface area contributed by atoms with Gasteiger partial charge in [0.2, 0.25) is 0 Å². The summed E-state index contributed by atoms with van der Waals surface area (Å²) in [6.45, 7) is 9.59. The van der Waals surface area contributed by atoms with Gasteiger partial charge in [-0.25, -0.2) is 0 Å². The molecule has 6 unspecified atom stereocenters. The van der Waals surface area contributed by atoms with Crippen molar-refractivity contribution >= 4 is 0 Å². The van der Waals surface area contributed by atoms with Gasteiger partial charge in [-0.1, -0.05) is 72.6 Å². The molecule has 0 spiro atoms. The molecule has 0 aromatic rings. The first kappa shape index (κ1) is 17.4. The second-order valence-electron chi connectivity index (χ2n) is 8.30. The molecule has 6 atom stereocenters. The van der Waals surface area contributed by atoms with Crippen LogP contribution in [0.5, 0.6) is 0 Å². The van der Waals surface area contributed by atoms with E-state index in [2.05, 4.69) is 27.7 Å². The summed E-state index contributed by atoms with van der Waals surface area (Å²) in [4.78, 5) is 0. The molecule has 2 fully saturated rings. The van der Waals surface area contributed by atoms with Crippen molar-refractivity contribution in [2.24, 2.45) is 35.5 Å². The molecule has 2 aliphatic rings. The molecular formula is C21H40. The third-order valence-electron chi connectivity index (χ3n) is 6.78. The maximum Gasteiger partial charge on any atom is -0.0355 e. The molecule has 0 aromatic carbocycles. The van der Waals surface area contributed by atoms with E-state index in [1.807, 2.05) is 0 Å². The third kappa shape index (κ3) is 5.29. The summed E-state index contributed by atoms with van der Waals surface area (Å²) in [5.41, 5.74) is 0. The van der Waals surface area contributed by atoms with Crippen molar-refractivity contribution in [3.05, 3.63) is 0 Å². The first-order valence-corrected chi connectivity index (χ1v) is 10.2. The van der Waals surface area contributed by atoms with Gasteiger partial charge < -0.3 is 0 Å². The Morgan fingerprint density at radius 3 is 2.19 bits per heavy atom. The number of hydrogen-bond acceptors (Lipinski definition) is 0. The van der Waals surface area contributed by atoms with Crippen molar-refractivity contribution < 1.29 is 0 Å². The van der Waals surface area contributed by atoms with Crippen molar-refractivity contribution in [2.45, 2.75) is 98.3 Å². The third-order valence-corrected chi connectivity index (χ3v) is 6.78. The fourth-order valence-corrected chi connectivity index (χ4v) is 4.99. The van der Waals surface area contributed by atoms with Crippen molar-refractivity contribution in [1.29, 1.82) is 0 Å². The molecule has 0 saturated heterocycles. The molecule has 0 radical (unpaired) electrons. The predicted octanol–water partition coefficient (Wildman–Crippen LogP) is 7.08. The van der Waals surface area contributed by atoms with E-state index in [-0.39, 0.29) is 0 Å². The van der Waals surface area contributed by atoms with Gasteiger partial charge in [0.1, 0.15) is 0 Å². The predicted molar refractivity (Wildman–Crippen MR) is 94.4 cm³/mol. The summed E-state index contributed by atoms with van der Waals surface area (Å²) in [5.74, 6) is 6.55. The number of rotatable bonds is 12. The van der Waals surface area contributed by atoms with Crippen LogP contribution in [0, 0.1) is 35.5 Å². The molecule has 2 saturated carbocycles. The first-order valence-electron chi connectivity index (χ1n) is 10.2. The van der Waals surface area contributed by atoms with Crippen molar-refractivity contribution in [2.75, 3.05) is 0 Å². The molecule has 21 heavy (non-hydrogen) atoms. The van der Waals surface area contributed by atoms with Gasteiger partial charge in [0.25, 0.3) is 0 Å². The summed E-state index contributed by atoms with van der Waals surface area (Å²) in [6.07, 6.45) is 16.4. The monoisotopic (exact) mass is 292 g/mol. The topological polar surface area (TPSA) is 0 Å². The van der Waals surface area contributed by atoms with Gasteiger partial charge in [-0.3, -0.25) is 0 Å². The zero-order valence-corrected chi connectivity index (χ0v) is 15.2. The molecule has 124 valence electrons. The molecular weight excluding hydrogens is 252 g/mol. The molecule has 0 aromatic heterocycles. The van der Waals surface area contributed by atoms with Crippen molar-refractivity contribution in [3.8, 4) is 0 Å². The highest BCUT2D eigenvalue weighted by molar-refractivity contribution is 4.96. The Morgan fingerprint density at radius 1 is 0.810 bits per heavy atom. The molecule has 0 heteroatoms. The summed E-state index contributed by atoms with van der Waals surface area (Å²) >= 11 is 0. The summed E-state index contributed by atoms with van der Waals surface area (Å²) in [7, 11) is 0. The molecule has 0 amide bonds. The summed E-state index contributed by atoms with van der Waals surface area (Å²) < 4.78 is 0. The molecule has 2 aliphatic carbocycles. The highest BCUT2D eigenvalue weighted by Gasteiger charge is 2.46. The minimum absolute atomic E-state index is 1.02. The van der Waals surface area contributed by atoms with E-state index in [9.17, 15) is 0 Å². The van der Waals surface area contributed by atoms with E-state index in [1.54, 1.807) is 19.3 Å². The number of hydrogen-bond donors (Lipinski definition) is 0. The van der Waals surface area contributed by atoms with Crippen molar-refractivity contribution in [1.82, 2.24) is 0 Å². The first-order chi connectivity index (χ1) is 10.2. The van der Waals surface area contributed by atoms with Crippen LogP contribution in [0.4, 0.5) is 0 Å². The second-order valence-corrected chi connectivity index (χ2v) is 8.30. The Labute approximate surface area is 134 Å². The Bertz CT molecular complexity index is 282. The van der Waals surface area contributed by atoms with E-state index in [4.69, 9.17) is 0 Å². The average molecular weight is 293 g/mol. The molecule has 0 heterocycles. The summed E-state index contributed by atoms with van der Waals surface area (Å²) in [5, 5.41) is 0. The zero-order chi connectivity index (χ0) is 15.2. The van der Waals surface area contributed by atoms with E-state index < -0.39 is 0 Å². The maximum absolute atomic E-state index is 2.52. The molecule has 2 rings (SSSR count). The lowest BCUT2D eigenvalue weighted by Gasteiger charge is -2.13. The van der Waals surface area contributed by atoms with Gasteiger partial charge in [-0.15, -0.1) is 0 Å². The Morgan fingerprint density at radius 2 is 1.52 bits per heavy atom. The van der Waals surface area contributed by atoms with Crippen LogP contribution in [0.25, 0.3) is 0 Å². The van der Waals surface area contributed by atoms with Crippen LogP contribution in [0.2, 0.25) is 0 Å². The van der Waals surface area contributed by atoms with Crippen LogP contribution in [0.3, 0.4) is 0 Å². The fraction of sp³-hybridized carbons (Fsp3) is 1.00. The Balaban J connectivity index is 1.53.